The maximum atomic E-state index is 13.8. The topological polar surface area (TPSA) is 59.6 Å². The van der Waals surface area contributed by atoms with Crippen LogP contribution in [0.4, 0.5) is 4.39 Å². The van der Waals surface area contributed by atoms with E-state index in [-0.39, 0.29) is 29.9 Å². The van der Waals surface area contributed by atoms with Gasteiger partial charge in [0.15, 0.2) is 0 Å². The minimum Gasteiger partial charge on any atom is -0.372 e. The lowest BCUT2D eigenvalue weighted by Gasteiger charge is -2.38. The summed E-state index contributed by atoms with van der Waals surface area (Å²) in [4.78, 5) is 11.3. The summed E-state index contributed by atoms with van der Waals surface area (Å²) in [5.41, 5.74) is -0.208. The molecule has 23 heavy (non-hydrogen) atoms. The van der Waals surface area contributed by atoms with Gasteiger partial charge >= 0.3 is 0 Å². The Kier molecular flexibility index (Phi) is 7.70. The molecule has 130 valence electrons. The smallest absolute Gasteiger partial charge is 0.216 e. The van der Waals surface area contributed by atoms with E-state index in [1.54, 1.807) is 13.2 Å². The van der Waals surface area contributed by atoms with Crippen molar-refractivity contribution in [1.29, 1.82) is 0 Å². The summed E-state index contributed by atoms with van der Waals surface area (Å²) in [7, 11) is 1.55. The van der Waals surface area contributed by atoms with Crippen LogP contribution in [0.1, 0.15) is 18.6 Å². The normalized spacial score (nSPS) is 24.4. The van der Waals surface area contributed by atoms with E-state index in [2.05, 4.69) is 10.6 Å². The highest BCUT2D eigenvalue weighted by Gasteiger charge is 2.42. The summed E-state index contributed by atoms with van der Waals surface area (Å²) >= 11 is 5.74. The van der Waals surface area contributed by atoms with Crippen molar-refractivity contribution in [1.82, 2.24) is 10.6 Å². The summed E-state index contributed by atoms with van der Waals surface area (Å²) < 4.78 is 25.4. The molecule has 0 radical (unpaired) electrons. The predicted octanol–water partition coefficient (Wildman–Crippen LogP) is 2.08. The highest BCUT2D eigenvalue weighted by molar-refractivity contribution is 6.30. The molecule has 1 saturated heterocycles. The molecule has 1 heterocycles. The largest absolute Gasteiger partial charge is 0.372 e. The second-order valence-electron chi connectivity index (χ2n) is 5.28. The quantitative estimate of drug-likeness (QED) is 0.856. The van der Waals surface area contributed by atoms with Gasteiger partial charge in [-0.2, -0.15) is 0 Å². The van der Waals surface area contributed by atoms with Crippen LogP contribution < -0.4 is 10.6 Å². The number of nitrogens with one attached hydrogen (secondary N) is 2. The van der Waals surface area contributed by atoms with Crippen LogP contribution in [0, 0.1) is 5.82 Å². The molecule has 2 N–H and O–H groups in total. The van der Waals surface area contributed by atoms with Crippen LogP contribution in [0.15, 0.2) is 18.2 Å². The Morgan fingerprint density at radius 1 is 1.61 bits per heavy atom. The number of amides is 1. The number of benzene rings is 1. The molecule has 0 aromatic heterocycles. The minimum absolute atomic E-state index is 0. The summed E-state index contributed by atoms with van der Waals surface area (Å²) in [5, 5.41) is 6.03. The first-order chi connectivity index (χ1) is 10.5. The molecule has 2 atom stereocenters. The molecule has 0 unspecified atom stereocenters. The van der Waals surface area contributed by atoms with Crippen molar-refractivity contribution in [3.63, 3.8) is 0 Å². The van der Waals surface area contributed by atoms with Crippen LogP contribution in [-0.2, 0) is 14.3 Å². The number of hydrogen-bond acceptors (Lipinski definition) is 4. The Labute approximate surface area is 146 Å². The maximum absolute atomic E-state index is 13.8. The lowest BCUT2D eigenvalue weighted by molar-refractivity contribution is -0.129. The van der Waals surface area contributed by atoms with Crippen molar-refractivity contribution < 1.29 is 18.7 Å². The van der Waals surface area contributed by atoms with E-state index in [1.807, 2.05) is 0 Å². The van der Waals surface area contributed by atoms with Gasteiger partial charge in [-0.3, -0.25) is 4.79 Å². The van der Waals surface area contributed by atoms with Gasteiger partial charge in [0.2, 0.25) is 5.91 Å². The van der Waals surface area contributed by atoms with Crippen LogP contribution in [0.25, 0.3) is 0 Å². The Balaban J connectivity index is 0.00000264. The van der Waals surface area contributed by atoms with Crippen molar-refractivity contribution in [3.8, 4) is 0 Å². The second-order valence-corrected chi connectivity index (χ2v) is 5.69. The molecular weight excluding hydrogens is 346 g/mol. The van der Waals surface area contributed by atoms with E-state index in [0.29, 0.717) is 25.3 Å². The van der Waals surface area contributed by atoms with Gasteiger partial charge in [0.1, 0.15) is 17.5 Å². The third-order valence-electron chi connectivity index (χ3n) is 3.75. The minimum atomic E-state index is -0.831. The Hall–Kier alpha value is -0.920. The lowest BCUT2D eigenvalue weighted by Crippen LogP contribution is -2.54. The highest BCUT2D eigenvalue weighted by Crippen LogP contribution is 2.34. The van der Waals surface area contributed by atoms with E-state index in [9.17, 15) is 9.18 Å². The van der Waals surface area contributed by atoms with Crippen molar-refractivity contribution in [2.45, 2.75) is 18.6 Å². The zero-order chi connectivity index (χ0) is 16.2. The molecule has 8 heteroatoms. The molecule has 1 aromatic carbocycles. The Bertz CT molecular complexity index is 547. The van der Waals surface area contributed by atoms with Crippen molar-refractivity contribution in [2.75, 3.05) is 33.4 Å². The maximum Gasteiger partial charge on any atom is 0.216 e. The first-order valence-corrected chi connectivity index (χ1v) is 7.43. The fraction of sp³-hybridized carbons (Fsp3) is 0.533. The van der Waals surface area contributed by atoms with Gasteiger partial charge in [-0.25, -0.2) is 4.39 Å². The van der Waals surface area contributed by atoms with Gasteiger partial charge in [0, 0.05) is 27.1 Å². The van der Waals surface area contributed by atoms with Crippen LogP contribution in [0.2, 0.25) is 5.02 Å². The average molecular weight is 367 g/mol. The molecule has 0 saturated carbocycles. The fourth-order valence-electron chi connectivity index (χ4n) is 2.55. The Morgan fingerprint density at radius 3 is 2.96 bits per heavy atom. The standard InChI is InChI=1S/C15H20ClFN2O3.ClH/c1-10(20)19-9-15(21-2)8-18-5-6-22-14(15)11-3-4-12(16)13(17)7-11;/h3-4,7,14,18H,5-6,8-9H2,1-2H3,(H,19,20);1H/t14-,15+;/m0./s1. The highest BCUT2D eigenvalue weighted by atomic mass is 35.5. The van der Waals surface area contributed by atoms with E-state index >= 15 is 0 Å². The first-order valence-electron chi connectivity index (χ1n) is 7.05. The van der Waals surface area contributed by atoms with E-state index in [1.165, 1.54) is 19.1 Å². The molecule has 2 rings (SSSR count). The third kappa shape index (κ3) is 4.78. The van der Waals surface area contributed by atoms with Crippen LogP contribution in [0.3, 0.4) is 0 Å². The van der Waals surface area contributed by atoms with Gasteiger partial charge in [0.25, 0.3) is 0 Å². The van der Waals surface area contributed by atoms with Gasteiger partial charge in [-0.15, -0.1) is 12.4 Å². The van der Waals surface area contributed by atoms with Crippen LogP contribution in [-0.4, -0.2) is 44.9 Å². The van der Waals surface area contributed by atoms with Gasteiger partial charge in [-0.1, -0.05) is 17.7 Å². The molecular formula is C15H21Cl2FN2O3. The molecule has 1 amide bonds. The second kappa shape index (κ2) is 8.80. The number of rotatable bonds is 4. The van der Waals surface area contributed by atoms with E-state index in [4.69, 9.17) is 21.1 Å². The summed E-state index contributed by atoms with van der Waals surface area (Å²) in [6, 6.07) is 4.55. The number of methoxy groups -OCH3 is 1. The Morgan fingerprint density at radius 2 is 2.35 bits per heavy atom. The molecule has 0 bridgehead atoms. The molecule has 5 nitrogen and oxygen atoms in total. The number of carbonyl (C=O) groups excluding carboxylic acids is 1. The van der Waals surface area contributed by atoms with Crippen molar-refractivity contribution in [3.05, 3.63) is 34.6 Å². The fourth-order valence-corrected chi connectivity index (χ4v) is 2.67. The lowest BCUT2D eigenvalue weighted by atomic mass is 9.90. The van der Waals surface area contributed by atoms with Gasteiger partial charge in [-0.05, 0) is 17.7 Å². The molecule has 1 fully saturated rings. The summed E-state index contributed by atoms with van der Waals surface area (Å²) in [5.74, 6) is -0.675. The predicted molar refractivity (Wildman–Crippen MR) is 88.6 cm³/mol. The van der Waals surface area contributed by atoms with Gasteiger partial charge in [0.05, 0.1) is 18.2 Å². The third-order valence-corrected chi connectivity index (χ3v) is 4.06. The van der Waals surface area contributed by atoms with Crippen LogP contribution in [0.5, 0.6) is 0 Å². The first kappa shape index (κ1) is 20.1. The SMILES string of the molecule is CO[C@@]1(CNC(C)=O)CNCCO[C@H]1c1ccc(Cl)c(F)c1.Cl. The zero-order valence-electron chi connectivity index (χ0n) is 13.0. The summed E-state index contributed by atoms with van der Waals surface area (Å²) in [6.45, 7) is 3.27. The molecule has 1 aliphatic rings. The van der Waals surface area contributed by atoms with E-state index in [0.717, 1.165) is 0 Å². The molecule has 1 aliphatic heterocycles. The number of hydrogen-bond donors (Lipinski definition) is 2. The average Bonchev–Trinajstić information content (AvgIpc) is 2.71. The molecule has 1 aromatic rings. The molecule has 0 aliphatic carbocycles. The van der Waals surface area contributed by atoms with E-state index < -0.39 is 17.5 Å². The molecule has 0 spiro atoms. The number of ether oxygens (including phenoxy) is 2. The van der Waals surface area contributed by atoms with Crippen molar-refractivity contribution in [2.24, 2.45) is 0 Å². The van der Waals surface area contributed by atoms with Gasteiger partial charge < -0.3 is 20.1 Å². The zero-order valence-corrected chi connectivity index (χ0v) is 14.6. The van der Waals surface area contributed by atoms with Crippen LogP contribution >= 0.6 is 24.0 Å². The monoisotopic (exact) mass is 366 g/mol. The number of carbonyl (C=O) groups is 1. The summed E-state index contributed by atoms with van der Waals surface area (Å²) in [6.07, 6.45) is -0.522. The number of halogens is 3. The van der Waals surface area contributed by atoms with Crippen molar-refractivity contribution >= 4 is 29.9 Å².